The molecule has 0 fully saturated rings. The van der Waals surface area contributed by atoms with Crippen molar-refractivity contribution in [3.8, 4) is 0 Å². The molecule has 0 saturated heterocycles. The first-order chi connectivity index (χ1) is 16.4. The van der Waals surface area contributed by atoms with Crippen molar-refractivity contribution in [2.75, 3.05) is 0 Å². The summed E-state index contributed by atoms with van der Waals surface area (Å²) in [6.45, 7) is 2.75. The first-order valence-electron chi connectivity index (χ1n) is 10.8. The van der Waals surface area contributed by atoms with Crippen LogP contribution in [0, 0.1) is 6.92 Å². The predicted molar refractivity (Wildman–Crippen MR) is 132 cm³/mol. The van der Waals surface area contributed by atoms with Crippen LogP contribution in [0.2, 0.25) is 0 Å². The Morgan fingerprint density at radius 3 is 2.35 bits per heavy atom. The molecule has 4 rings (SSSR count). The Morgan fingerprint density at radius 2 is 1.59 bits per heavy atom. The first-order valence-corrected chi connectivity index (χ1v) is 12.3. The fourth-order valence-electron chi connectivity index (χ4n) is 3.42. The highest BCUT2D eigenvalue weighted by Crippen LogP contribution is 2.13. The van der Waals surface area contributed by atoms with Crippen LogP contribution in [0.3, 0.4) is 0 Å². The topological polar surface area (TPSA) is 80.5 Å². The van der Waals surface area contributed by atoms with Crippen molar-refractivity contribution in [2.45, 2.75) is 24.9 Å². The predicted octanol–water partition coefficient (Wildman–Crippen LogP) is 4.06. The second-order valence-electron chi connectivity index (χ2n) is 7.93. The molecule has 0 radical (unpaired) electrons. The van der Waals surface area contributed by atoms with Gasteiger partial charge in [0.1, 0.15) is 5.49 Å². The summed E-state index contributed by atoms with van der Waals surface area (Å²) in [6.07, 6.45) is 1.86. The summed E-state index contributed by atoms with van der Waals surface area (Å²) in [4.78, 5) is 17.2. The molecule has 0 atom stereocenters. The zero-order chi connectivity index (χ0) is 24.0. The molecule has 0 bridgehead atoms. The minimum absolute atomic E-state index is 0.0186. The van der Waals surface area contributed by atoms with Crippen molar-refractivity contribution >= 4 is 15.9 Å². The number of pyridine rings is 1. The maximum absolute atomic E-state index is 12.9. The van der Waals surface area contributed by atoms with Crippen molar-refractivity contribution in [1.29, 1.82) is 0 Å². The summed E-state index contributed by atoms with van der Waals surface area (Å²) in [7, 11) is -3.79. The average Bonchev–Trinajstić information content (AvgIpc) is 2.86. The zero-order valence-corrected chi connectivity index (χ0v) is 19.6. The summed E-state index contributed by atoms with van der Waals surface area (Å²) in [6, 6.07) is 28.8. The third-order valence-electron chi connectivity index (χ3n) is 5.31. The van der Waals surface area contributed by atoms with E-state index in [9.17, 15) is 13.2 Å². The summed E-state index contributed by atoms with van der Waals surface area (Å²) < 4.78 is 30.0. The molecule has 1 aromatic heterocycles. The minimum Gasteiger partial charge on any atom is -0.328 e. The quantitative estimate of drug-likeness (QED) is 0.441. The van der Waals surface area contributed by atoms with Gasteiger partial charge in [-0.1, -0.05) is 72.3 Å². The summed E-state index contributed by atoms with van der Waals surface area (Å²) in [5.41, 5.74) is 3.80. The van der Waals surface area contributed by atoms with E-state index in [0.29, 0.717) is 12.0 Å². The Morgan fingerprint density at radius 1 is 0.853 bits per heavy atom. The van der Waals surface area contributed by atoms with Crippen LogP contribution in [-0.2, 0) is 23.1 Å². The SMILES string of the molecule is Cc1ccc(Cn2ccccc2=NC(=O)c2cccc(S(=O)(=O)NCc3ccccc3)c2)cc1. The van der Waals surface area contributed by atoms with Crippen LogP contribution >= 0.6 is 0 Å². The number of hydrogen-bond acceptors (Lipinski definition) is 3. The number of rotatable bonds is 7. The average molecular weight is 472 g/mol. The van der Waals surface area contributed by atoms with Crippen LogP contribution in [0.5, 0.6) is 0 Å². The molecular formula is C27H25N3O3S. The van der Waals surface area contributed by atoms with Crippen molar-refractivity contribution in [1.82, 2.24) is 9.29 Å². The number of nitrogens with one attached hydrogen (secondary N) is 1. The van der Waals surface area contributed by atoms with Gasteiger partial charge in [-0.3, -0.25) is 4.79 Å². The first kappa shape index (κ1) is 23.4. The maximum atomic E-state index is 12.9. The largest absolute Gasteiger partial charge is 0.328 e. The highest BCUT2D eigenvalue weighted by Gasteiger charge is 2.16. The molecule has 0 aliphatic rings. The summed E-state index contributed by atoms with van der Waals surface area (Å²) in [5.74, 6) is -0.510. The van der Waals surface area contributed by atoms with Gasteiger partial charge >= 0.3 is 0 Å². The van der Waals surface area contributed by atoms with Gasteiger partial charge in [0.05, 0.1) is 4.90 Å². The molecule has 1 N–H and O–H groups in total. The minimum atomic E-state index is -3.79. The van der Waals surface area contributed by atoms with Crippen LogP contribution in [0.1, 0.15) is 27.0 Å². The normalized spacial score (nSPS) is 12.0. The van der Waals surface area contributed by atoms with E-state index in [1.54, 1.807) is 18.2 Å². The number of carbonyl (C=O) groups is 1. The second kappa shape index (κ2) is 10.4. The smallest absolute Gasteiger partial charge is 0.278 e. The van der Waals surface area contributed by atoms with Gasteiger partial charge in [0.25, 0.3) is 5.91 Å². The standard InChI is InChI=1S/C27H25N3O3S/c1-21-13-15-23(16-14-21)20-30-17-6-5-12-26(30)29-27(31)24-10-7-11-25(18-24)34(32,33)28-19-22-8-3-2-4-9-22/h2-18,28H,19-20H2,1H3. The maximum Gasteiger partial charge on any atom is 0.278 e. The second-order valence-corrected chi connectivity index (χ2v) is 9.69. The monoisotopic (exact) mass is 471 g/mol. The molecule has 6 nitrogen and oxygen atoms in total. The molecule has 34 heavy (non-hydrogen) atoms. The number of sulfonamides is 1. The van der Waals surface area contributed by atoms with Gasteiger partial charge in [-0.2, -0.15) is 4.99 Å². The molecule has 172 valence electrons. The molecule has 0 spiro atoms. The number of hydrogen-bond donors (Lipinski definition) is 1. The molecular weight excluding hydrogens is 446 g/mol. The van der Waals surface area contributed by atoms with Crippen molar-refractivity contribution < 1.29 is 13.2 Å². The molecule has 1 amide bonds. The van der Waals surface area contributed by atoms with E-state index < -0.39 is 15.9 Å². The lowest BCUT2D eigenvalue weighted by molar-refractivity contribution is 0.0997. The fourth-order valence-corrected chi connectivity index (χ4v) is 4.48. The van der Waals surface area contributed by atoms with Crippen LogP contribution in [0.25, 0.3) is 0 Å². The van der Waals surface area contributed by atoms with E-state index >= 15 is 0 Å². The van der Waals surface area contributed by atoms with Gasteiger partial charge in [0.15, 0.2) is 0 Å². The van der Waals surface area contributed by atoms with Crippen molar-refractivity contribution in [3.63, 3.8) is 0 Å². The number of carbonyl (C=O) groups excluding carboxylic acids is 1. The molecule has 3 aromatic carbocycles. The molecule has 1 heterocycles. The van der Waals surface area contributed by atoms with Gasteiger partial charge in [-0.25, -0.2) is 13.1 Å². The van der Waals surface area contributed by atoms with E-state index in [2.05, 4.69) is 9.71 Å². The number of nitrogens with zero attached hydrogens (tertiary/aromatic N) is 2. The Kier molecular flexibility index (Phi) is 7.15. The lowest BCUT2D eigenvalue weighted by Crippen LogP contribution is -2.24. The van der Waals surface area contributed by atoms with Crippen LogP contribution < -0.4 is 10.2 Å². The zero-order valence-electron chi connectivity index (χ0n) is 18.8. The molecule has 7 heteroatoms. The van der Waals surface area contributed by atoms with E-state index in [-0.39, 0.29) is 17.0 Å². The van der Waals surface area contributed by atoms with E-state index in [0.717, 1.165) is 11.1 Å². The van der Waals surface area contributed by atoms with E-state index in [1.807, 2.05) is 84.4 Å². The Hall–Kier alpha value is -3.81. The van der Waals surface area contributed by atoms with Gasteiger partial charge < -0.3 is 4.57 Å². The number of benzene rings is 3. The Labute approximate surface area is 199 Å². The number of aryl methyl sites for hydroxylation is 1. The van der Waals surface area contributed by atoms with Crippen molar-refractivity contribution in [3.05, 3.63) is 131 Å². The van der Waals surface area contributed by atoms with Crippen molar-refractivity contribution in [2.24, 2.45) is 4.99 Å². The highest BCUT2D eigenvalue weighted by molar-refractivity contribution is 7.89. The molecule has 4 aromatic rings. The lowest BCUT2D eigenvalue weighted by atomic mass is 10.1. The third kappa shape index (κ3) is 5.95. The van der Waals surface area contributed by atoms with E-state index in [1.165, 1.54) is 17.7 Å². The lowest BCUT2D eigenvalue weighted by Gasteiger charge is -2.09. The number of aromatic nitrogens is 1. The Bertz CT molecular complexity index is 1460. The molecule has 0 aliphatic heterocycles. The molecule has 0 saturated carbocycles. The molecule has 0 unspecified atom stereocenters. The van der Waals surface area contributed by atoms with Gasteiger partial charge in [0, 0.05) is 24.8 Å². The van der Waals surface area contributed by atoms with Gasteiger partial charge in [-0.05, 0) is 48.4 Å². The van der Waals surface area contributed by atoms with Crippen LogP contribution in [0.15, 0.2) is 113 Å². The van der Waals surface area contributed by atoms with Crippen LogP contribution in [-0.4, -0.2) is 18.9 Å². The van der Waals surface area contributed by atoms with Crippen LogP contribution in [0.4, 0.5) is 0 Å². The highest BCUT2D eigenvalue weighted by atomic mass is 32.2. The fraction of sp³-hybridized carbons (Fsp3) is 0.111. The third-order valence-corrected chi connectivity index (χ3v) is 6.71. The number of amides is 1. The summed E-state index contributed by atoms with van der Waals surface area (Å²) >= 11 is 0. The summed E-state index contributed by atoms with van der Waals surface area (Å²) in [5, 5.41) is 0. The van der Waals surface area contributed by atoms with E-state index in [4.69, 9.17) is 0 Å². The van der Waals surface area contributed by atoms with Gasteiger partial charge in [-0.15, -0.1) is 0 Å². The van der Waals surface area contributed by atoms with Gasteiger partial charge in [0.2, 0.25) is 10.0 Å². The Balaban J connectivity index is 1.56. The molecule has 0 aliphatic carbocycles.